The first-order valence-corrected chi connectivity index (χ1v) is 8.94. The van der Waals surface area contributed by atoms with Crippen LogP contribution in [0, 0.1) is 5.82 Å². The van der Waals surface area contributed by atoms with Crippen molar-refractivity contribution >= 4 is 11.8 Å². The van der Waals surface area contributed by atoms with Gasteiger partial charge in [0.1, 0.15) is 23.0 Å². The lowest BCUT2D eigenvalue weighted by atomic mass is 9.66. The minimum Gasteiger partial charge on any atom is -0.464 e. The van der Waals surface area contributed by atoms with Crippen LogP contribution in [0.5, 0.6) is 0 Å². The van der Waals surface area contributed by atoms with Gasteiger partial charge in [0.25, 0.3) is 0 Å². The van der Waals surface area contributed by atoms with Gasteiger partial charge in [0.15, 0.2) is 5.82 Å². The van der Waals surface area contributed by atoms with E-state index in [0.29, 0.717) is 29.6 Å². The predicted octanol–water partition coefficient (Wildman–Crippen LogP) is 2.72. The molecule has 1 fully saturated rings. The van der Waals surface area contributed by atoms with Crippen molar-refractivity contribution in [2.24, 2.45) is 0 Å². The second-order valence-corrected chi connectivity index (χ2v) is 6.76. The molecule has 8 nitrogen and oxygen atoms in total. The Balaban J connectivity index is 1.46. The van der Waals surface area contributed by atoms with E-state index in [1.54, 1.807) is 24.4 Å². The summed E-state index contributed by atoms with van der Waals surface area (Å²) in [6, 6.07) is 6.56. The molecule has 9 heteroatoms. The smallest absolute Gasteiger partial charge is 0.356 e. The summed E-state index contributed by atoms with van der Waals surface area (Å²) in [6.07, 6.45) is 5.81. The number of H-pyrrole nitrogens is 1. The maximum Gasteiger partial charge on any atom is 0.356 e. The molecule has 1 aliphatic rings. The van der Waals surface area contributed by atoms with Crippen molar-refractivity contribution < 1.29 is 13.9 Å². The molecular formula is C19H19FN6O2. The monoisotopic (exact) mass is 382 g/mol. The summed E-state index contributed by atoms with van der Waals surface area (Å²) in [4.78, 5) is 22.7. The quantitative estimate of drug-likeness (QED) is 0.632. The van der Waals surface area contributed by atoms with Gasteiger partial charge in [-0.05, 0) is 37.1 Å². The fraction of sp³-hybridized carbons (Fsp3) is 0.316. The second-order valence-electron chi connectivity index (χ2n) is 6.76. The highest BCUT2D eigenvalue weighted by Gasteiger charge is 2.41. The van der Waals surface area contributed by atoms with Crippen molar-refractivity contribution in [1.82, 2.24) is 25.1 Å². The summed E-state index contributed by atoms with van der Waals surface area (Å²) in [7, 11) is 1.30. The predicted molar refractivity (Wildman–Crippen MR) is 99.2 cm³/mol. The molecular weight excluding hydrogens is 363 g/mol. The zero-order valence-electron chi connectivity index (χ0n) is 15.3. The van der Waals surface area contributed by atoms with Crippen LogP contribution in [-0.4, -0.2) is 44.8 Å². The van der Waals surface area contributed by atoms with Crippen LogP contribution in [0.3, 0.4) is 0 Å². The van der Waals surface area contributed by atoms with Crippen LogP contribution < -0.4 is 5.32 Å². The average Bonchev–Trinajstić information content (AvgIpc) is 3.18. The van der Waals surface area contributed by atoms with Crippen molar-refractivity contribution in [2.45, 2.75) is 24.7 Å². The van der Waals surface area contributed by atoms with Gasteiger partial charge < -0.3 is 15.0 Å². The lowest BCUT2D eigenvalue weighted by Gasteiger charge is -2.41. The van der Waals surface area contributed by atoms with Gasteiger partial charge in [0, 0.05) is 18.2 Å². The fourth-order valence-corrected chi connectivity index (χ4v) is 3.35. The van der Waals surface area contributed by atoms with Gasteiger partial charge in [0.2, 0.25) is 0 Å². The number of esters is 1. The van der Waals surface area contributed by atoms with Crippen molar-refractivity contribution in [3.05, 3.63) is 53.9 Å². The third-order valence-corrected chi connectivity index (χ3v) is 5.07. The number of hydrogen-bond donors (Lipinski definition) is 2. The van der Waals surface area contributed by atoms with E-state index in [0.717, 1.165) is 19.3 Å². The van der Waals surface area contributed by atoms with Crippen LogP contribution in [0.1, 0.15) is 35.4 Å². The molecule has 3 aromatic rings. The van der Waals surface area contributed by atoms with Crippen LogP contribution in [0.25, 0.3) is 11.5 Å². The number of hydrogen-bond acceptors (Lipinski definition) is 7. The number of carbonyl (C=O) groups excluding carboxylic acids is 1. The number of aromatic amines is 1. The van der Waals surface area contributed by atoms with E-state index in [2.05, 4.69) is 35.2 Å². The highest BCUT2D eigenvalue weighted by Crippen LogP contribution is 2.43. The Kier molecular flexibility index (Phi) is 4.72. The Labute approximate surface area is 160 Å². The molecule has 0 aromatic carbocycles. The number of nitrogens with one attached hydrogen (secondary N) is 2. The van der Waals surface area contributed by atoms with Crippen LogP contribution >= 0.6 is 0 Å². The topological polar surface area (TPSA) is 106 Å². The standard InChI is InChI=1S/C19H19FN6O2/c1-28-18(27)14-10-22-17(24-14)13-5-6-15(26-25-13)23-11-19(7-3-8-19)16-12(20)4-2-9-21-16/h2,4-6,9-10H,3,7-8,11H2,1H3,(H,22,24)(H,23,26). The number of ether oxygens (including phenoxy) is 1. The Hall–Kier alpha value is -3.36. The number of aromatic nitrogens is 5. The maximum atomic E-state index is 14.2. The molecule has 1 saturated carbocycles. The third kappa shape index (κ3) is 3.30. The molecule has 1 aliphatic carbocycles. The molecule has 0 amide bonds. The van der Waals surface area contributed by atoms with Crippen LogP contribution in [0.2, 0.25) is 0 Å². The van der Waals surface area contributed by atoms with E-state index in [1.165, 1.54) is 19.4 Å². The van der Waals surface area contributed by atoms with Gasteiger partial charge in [-0.2, -0.15) is 0 Å². The minimum atomic E-state index is -0.502. The lowest BCUT2D eigenvalue weighted by molar-refractivity contribution is 0.0595. The third-order valence-electron chi connectivity index (χ3n) is 5.07. The zero-order valence-corrected chi connectivity index (χ0v) is 15.3. The summed E-state index contributed by atoms with van der Waals surface area (Å²) in [5, 5.41) is 11.5. The molecule has 0 spiro atoms. The number of methoxy groups -OCH3 is 1. The Morgan fingerprint density at radius 2 is 2.14 bits per heavy atom. The molecule has 0 bridgehead atoms. The highest BCUT2D eigenvalue weighted by atomic mass is 19.1. The Bertz CT molecular complexity index is 984. The largest absolute Gasteiger partial charge is 0.464 e. The molecule has 0 aliphatic heterocycles. The van der Waals surface area contributed by atoms with Gasteiger partial charge in [0.05, 0.1) is 19.0 Å². The van der Waals surface area contributed by atoms with Crippen molar-refractivity contribution in [2.75, 3.05) is 19.0 Å². The molecule has 28 heavy (non-hydrogen) atoms. The van der Waals surface area contributed by atoms with E-state index in [-0.39, 0.29) is 16.9 Å². The number of pyridine rings is 1. The van der Waals surface area contributed by atoms with Gasteiger partial charge >= 0.3 is 5.97 Å². The molecule has 144 valence electrons. The Morgan fingerprint density at radius 1 is 1.29 bits per heavy atom. The number of carbonyl (C=O) groups is 1. The molecule has 0 atom stereocenters. The normalized spacial score (nSPS) is 14.9. The number of rotatable bonds is 6. The number of halogens is 1. The highest BCUT2D eigenvalue weighted by molar-refractivity contribution is 5.87. The summed E-state index contributed by atoms with van der Waals surface area (Å²) >= 11 is 0. The van der Waals surface area contributed by atoms with Gasteiger partial charge in [-0.3, -0.25) is 4.98 Å². The second kappa shape index (κ2) is 7.34. The molecule has 4 rings (SSSR count). The van der Waals surface area contributed by atoms with Crippen LogP contribution in [-0.2, 0) is 10.2 Å². The number of nitrogens with zero attached hydrogens (tertiary/aromatic N) is 4. The van der Waals surface area contributed by atoms with E-state index < -0.39 is 5.97 Å². The van der Waals surface area contributed by atoms with Crippen molar-refractivity contribution in [1.29, 1.82) is 0 Å². The van der Waals surface area contributed by atoms with E-state index in [4.69, 9.17) is 0 Å². The van der Waals surface area contributed by atoms with Crippen LogP contribution in [0.4, 0.5) is 10.2 Å². The summed E-state index contributed by atoms with van der Waals surface area (Å²) in [5.41, 5.74) is 0.923. The minimum absolute atomic E-state index is 0.241. The summed E-state index contributed by atoms with van der Waals surface area (Å²) in [6.45, 7) is 0.530. The molecule has 3 aromatic heterocycles. The summed E-state index contributed by atoms with van der Waals surface area (Å²) < 4.78 is 18.8. The molecule has 2 N–H and O–H groups in total. The lowest BCUT2D eigenvalue weighted by Crippen LogP contribution is -2.42. The molecule has 0 unspecified atom stereocenters. The van der Waals surface area contributed by atoms with Crippen molar-refractivity contribution in [3.63, 3.8) is 0 Å². The van der Waals surface area contributed by atoms with Gasteiger partial charge in [-0.15, -0.1) is 10.2 Å². The first-order chi connectivity index (χ1) is 13.6. The molecule has 0 radical (unpaired) electrons. The first kappa shape index (κ1) is 18.0. The average molecular weight is 382 g/mol. The van der Waals surface area contributed by atoms with Gasteiger partial charge in [-0.1, -0.05) is 6.42 Å². The zero-order chi connectivity index (χ0) is 19.6. The Morgan fingerprint density at radius 3 is 2.79 bits per heavy atom. The molecule has 0 saturated heterocycles. The molecule has 3 heterocycles. The van der Waals surface area contributed by atoms with Crippen molar-refractivity contribution in [3.8, 4) is 11.5 Å². The SMILES string of the molecule is COC(=O)c1cnc(-c2ccc(NCC3(c4ncccc4F)CCC3)nn2)[nH]1. The fourth-order valence-electron chi connectivity index (χ4n) is 3.35. The van der Waals surface area contributed by atoms with E-state index >= 15 is 0 Å². The number of imidazole rings is 1. The van der Waals surface area contributed by atoms with Crippen LogP contribution in [0.15, 0.2) is 36.7 Å². The van der Waals surface area contributed by atoms with E-state index in [9.17, 15) is 9.18 Å². The maximum absolute atomic E-state index is 14.2. The van der Waals surface area contributed by atoms with E-state index in [1.807, 2.05) is 0 Å². The number of anilines is 1. The first-order valence-electron chi connectivity index (χ1n) is 8.94. The summed E-state index contributed by atoms with van der Waals surface area (Å²) in [5.74, 6) is 0.221. The van der Waals surface area contributed by atoms with Gasteiger partial charge in [-0.25, -0.2) is 14.2 Å².